The minimum atomic E-state index is -1.55. The predicted octanol–water partition coefficient (Wildman–Crippen LogP) is -0.622. The molecule has 0 fully saturated rings. The van der Waals surface area contributed by atoms with Crippen molar-refractivity contribution in [1.82, 2.24) is 4.90 Å². The van der Waals surface area contributed by atoms with Gasteiger partial charge in [0.2, 0.25) is 0 Å². The second-order valence-electron chi connectivity index (χ2n) is 4.46. The van der Waals surface area contributed by atoms with Gasteiger partial charge in [0, 0.05) is 19.6 Å². The molecule has 6 heteroatoms. The van der Waals surface area contributed by atoms with Gasteiger partial charge in [0.05, 0.1) is 0 Å². The number of aliphatic hydroxyl groups excluding tert-OH is 2. The number of hydrogen-bond acceptors (Lipinski definition) is 6. The lowest BCUT2D eigenvalue weighted by Crippen LogP contribution is -2.37. The van der Waals surface area contributed by atoms with Crippen molar-refractivity contribution in [1.29, 1.82) is 0 Å². The number of rotatable bonds is 7. The Morgan fingerprint density at radius 3 is 2.05 bits per heavy atom. The molecule has 0 spiro atoms. The molecule has 1 aromatic rings. The third-order valence-corrected chi connectivity index (χ3v) is 2.81. The highest BCUT2D eigenvalue weighted by molar-refractivity contribution is 5.34. The van der Waals surface area contributed by atoms with Crippen molar-refractivity contribution < 1.29 is 25.5 Å². The van der Waals surface area contributed by atoms with Crippen molar-refractivity contribution >= 4 is 0 Å². The van der Waals surface area contributed by atoms with Gasteiger partial charge in [-0.25, -0.2) is 0 Å². The monoisotopic (exact) mass is 271 g/mol. The molecule has 0 unspecified atom stereocenters. The summed E-state index contributed by atoms with van der Waals surface area (Å²) >= 11 is 0. The van der Waals surface area contributed by atoms with Crippen LogP contribution in [-0.4, -0.2) is 56.1 Å². The van der Waals surface area contributed by atoms with Gasteiger partial charge in [0.25, 0.3) is 0 Å². The van der Waals surface area contributed by atoms with Crippen LogP contribution >= 0.6 is 0 Å². The molecule has 0 heterocycles. The Morgan fingerprint density at radius 1 is 1.00 bits per heavy atom. The van der Waals surface area contributed by atoms with Crippen LogP contribution in [0.3, 0.4) is 0 Å². The molecule has 0 saturated carbocycles. The number of phenolic OH excluding ortho intramolecular Hbond substituents is 1. The van der Waals surface area contributed by atoms with Gasteiger partial charge >= 0.3 is 0 Å². The van der Waals surface area contributed by atoms with Crippen LogP contribution < -0.4 is 0 Å². The molecule has 108 valence electrons. The van der Waals surface area contributed by atoms with E-state index in [1.165, 1.54) is 4.90 Å². The molecule has 0 aromatic heterocycles. The first kappa shape index (κ1) is 15.9. The Labute approximate surface area is 112 Å². The number of phenols is 1. The first-order valence-corrected chi connectivity index (χ1v) is 6.17. The molecule has 19 heavy (non-hydrogen) atoms. The van der Waals surface area contributed by atoms with E-state index in [0.717, 1.165) is 17.5 Å². The normalized spacial score (nSPS) is 11.8. The van der Waals surface area contributed by atoms with Crippen LogP contribution in [0.25, 0.3) is 0 Å². The summed E-state index contributed by atoms with van der Waals surface area (Å²) in [6.45, 7) is 2.07. The fraction of sp³-hybridized carbons (Fsp3) is 0.538. The number of benzene rings is 1. The maximum absolute atomic E-state index is 9.49. The highest BCUT2D eigenvalue weighted by Gasteiger charge is 2.15. The van der Waals surface area contributed by atoms with Crippen LogP contribution in [0.4, 0.5) is 0 Å². The Balaban J connectivity index is 2.85. The van der Waals surface area contributed by atoms with E-state index >= 15 is 0 Å². The highest BCUT2D eigenvalue weighted by Crippen LogP contribution is 2.19. The van der Waals surface area contributed by atoms with Gasteiger partial charge in [0.15, 0.2) is 12.6 Å². The van der Waals surface area contributed by atoms with Gasteiger partial charge in [-0.1, -0.05) is 13.0 Å². The molecule has 0 atom stereocenters. The molecular formula is C13H21NO5. The zero-order chi connectivity index (χ0) is 14.4. The Morgan fingerprint density at radius 2 is 1.58 bits per heavy atom. The minimum Gasteiger partial charge on any atom is -0.508 e. The van der Waals surface area contributed by atoms with Crippen LogP contribution in [0.15, 0.2) is 18.2 Å². The van der Waals surface area contributed by atoms with E-state index < -0.39 is 12.6 Å². The summed E-state index contributed by atoms with van der Waals surface area (Å²) in [5.41, 5.74) is 1.84. The van der Waals surface area contributed by atoms with E-state index in [1.807, 2.05) is 6.92 Å². The standard InChI is InChI=1S/C13H21NO5/c1-2-9-3-4-11(15)5-10(9)6-14(7-12(16)17)8-13(18)19/h3-5,12-13,15-19H,2,6-8H2,1H3. The summed E-state index contributed by atoms with van der Waals surface area (Å²) in [7, 11) is 0. The van der Waals surface area contributed by atoms with Crippen LogP contribution in [0.2, 0.25) is 0 Å². The first-order valence-electron chi connectivity index (χ1n) is 6.17. The van der Waals surface area contributed by atoms with Crippen molar-refractivity contribution in [2.24, 2.45) is 0 Å². The maximum atomic E-state index is 9.49. The summed E-state index contributed by atoms with van der Waals surface area (Å²) < 4.78 is 0. The molecule has 0 aliphatic rings. The van der Waals surface area contributed by atoms with Crippen molar-refractivity contribution in [2.45, 2.75) is 32.5 Å². The smallest absolute Gasteiger partial charge is 0.164 e. The average Bonchev–Trinajstić information content (AvgIpc) is 2.27. The molecule has 6 nitrogen and oxygen atoms in total. The molecule has 1 aromatic carbocycles. The van der Waals surface area contributed by atoms with Gasteiger partial charge in [-0.15, -0.1) is 0 Å². The molecule has 0 saturated heterocycles. The number of nitrogens with zero attached hydrogens (tertiary/aromatic N) is 1. The van der Waals surface area contributed by atoms with E-state index in [-0.39, 0.29) is 18.8 Å². The van der Waals surface area contributed by atoms with E-state index in [9.17, 15) is 5.11 Å². The number of aromatic hydroxyl groups is 1. The zero-order valence-corrected chi connectivity index (χ0v) is 10.9. The third kappa shape index (κ3) is 5.54. The lowest BCUT2D eigenvalue weighted by molar-refractivity contribution is -0.0964. The zero-order valence-electron chi connectivity index (χ0n) is 10.9. The van der Waals surface area contributed by atoms with E-state index in [1.54, 1.807) is 18.2 Å². The predicted molar refractivity (Wildman–Crippen MR) is 69.2 cm³/mol. The van der Waals surface area contributed by atoms with Gasteiger partial charge < -0.3 is 25.5 Å². The maximum Gasteiger partial charge on any atom is 0.164 e. The summed E-state index contributed by atoms with van der Waals surface area (Å²) in [6, 6.07) is 4.99. The van der Waals surface area contributed by atoms with Crippen molar-refractivity contribution in [3.63, 3.8) is 0 Å². The molecule has 0 bridgehead atoms. The summed E-state index contributed by atoms with van der Waals surface area (Å²) in [6.07, 6.45) is -2.34. The molecule has 0 radical (unpaired) electrons. The van der Waals surface area contributed by atoms with Crippen LogP contribution in [0.1, 0.15) is 18.1 Å². The second-order valence-corrected chi connectivity index (χ2v) is 4.46. The fourth-order valence-corrected chi connectivity index (χ4v) is 2.01. The Kier molecular flexibility index (Phi) is 6.20. The second kappa shape index (κ2) is 7.42. The van der Waals surface area contributed by atoms with Crippen LogP contribution in [0, 0.1) is 0 Å². The average molecular weight is 271 g/mol. The van der Waals surface area contributed by atoms with E-state index in [4.69, 9.17) is 20.4 Å². The highest BCUT2D eigenvalue weighted by atomic mass is 16.5. The topological polar surface area (TPSA) is 104 Å². The molecule has 0 aliphatic heterocycles. The number of aliphatic hydroxyl groups is 4. The summed E-state index contributed by atoms with van der Waals surface area (Å²) in [4.78, 5) is 1.50. The largest absolute Gasteiger partial charge is 0.508 e. The van der Waals surface area contributed by atoms with Gasteiger partial charge in [0.1, 0.15) is 5.75 Å². The van der Waals surface area contributed by atoms with Crippen molar-refractivity contribution in [2.75, 3.05) is 13.1 Å². The molecule has 0 amide bonds. The quantitative estimate of drug-likeness (QED) is 0.423. The van der Waals surface area contributed by atoms with Gasteiger partial charge in [-0.05, 0) is 29.7 Å². The lowest BCUT2D eigenvalue weighted by Gasteiger charge is -2.25. The van der Waals surface area contributed by atoms with Crippen LogP contribution in [-0.2, 0) is 13.0 Å². The Hall–Kier alpha value is -1.18. The fourth-order valence-electron chi connectivity index (χ4n) is 2.01. The lowest BCUT2D eigenvalue weighted by atomic mass is 10.0. The van der Waals surface area contributed by atoms with E-state index in [0.29, 0.717) is 6.54 Å². The van der Waals surface area contributed by atoms with Crippen molar-refractivity contribution in [3.8, 4) is 5.75 Å². The minimum absolute atomic E-state index is 0.101. The summed E-state index contributed by atoms with van der Waals surface area (Å²) in [5.74, 6) is 0.126. The number of hydrogen-bond donors (Lipinski definition) is 5. The Bertz CT molecular complexity index is 385. The summed E-state index contributed by atoms with van der Waals surface area (Å²) in [5, 5.41) is 45.5. The van der Waals surface area contributed by atoms with Crippen molar-refractivity contribution in [3.05, 3.63) is 29.3 Å². The first-order chi connectivity index (χ1) is 8.92. The molecule has 1 rings (SSSR count). The molecular weight excluding hydrogens is 250 g/mol. The molecule has 5 N–H and O–H groups in total. The third-order valence-electron chi connectivity index (χ3n) is 2.81. The molecule has 0 aliphatic carbocycles. The van der Waals surface area contributed by atoms with Crippen LogP contribution in [0.5, 0.6) is 5.75 Å². The number of aryl methyl sites for hydroxylation is 1. The van der Waals surface area contributed by atoms with E-state index in [2.05, 4.69) is 0 Å². The van der Waals surface area contributed by atoms with Gasteiger partial charge in [-0.3, -0.25) is 4.90 Å². The van der Waals surface area contributed by atoms with Gasteiger partial charge in [-0.2, -0.15) is 0 Å². The SMILES string of the molecule is CCc1ccc(O)cc1CN(CC(O)O)CC(O)O.